The van der Waals surface area contributed by atoms with Crippen molar-refractivity contribution in [3.63, 3.8) is 0 Å². The number of hydrogen-bond donors (Lipinski definition) is 0. The fourth-order valence-corrected chi connectivity index (χ4v) is 1.80. The average Bonchev–Trinajstić information content (AvgIpc) is 2.88. The van der Waals surface area contributed by atoms with E-state index in [0.29, 0.717) is 0 Å². The maximum atomic E-state index is 10.8. The molecule has 5 heteroatoms. The van der Waals surface area contributed by atoms with Gasteiger partial charge in [0.05, 0.1) is 6.10 Å². The summed E-state index contributed by atoms with van der Waals surface area (Å²) in [6, 6.07) is 0. The minimum Gasteiger partial charge on any atom is -0.454 e. The Morgan fingerprint density at radius 1 is 1.29 bits per heavy atom. The second-order valence-electron chi connectivity index (χ2n) is 3.58. The maximum absolute atomic E-state index is 10.8. The van der Waals surface area contributed by atoms with Crippen LogP contribution in [0.15, 0.2) is 0 Å². The van der Waals surface area contributed by atoms with Crippen LogP contribution in [0.2, 0.25) is 0 Å². The third-order valence-electron chi connectivity index (χ3n) is 2.50. The van der Waals surface area contributed by atoms with Gasteiger partial charge in [-0.05, 0) is 6.92 Å². The molecular weight excluding hydrogens is 188 g/mol. The van der Waals surface area contributed by atoms with E-state index in [-0.39, 0.29) is 24.3 Å². The minimum atomic E-state index is -0.516. The molecule has 0 aliphatic carbocycles. The molecule has 2 aliphatic rings. The molecule has 0 spiro atoms. The van der Waals surface area contributed by atoms with Gasteiger partial charge in [0.25, 0.3) is 0 Å². The van der Waals surface area contributed by atoms with Crippen molar-refractivity contribution < 1.29 is 23.7 Å². The average molecular weight is 202 g/mol. The first kappa shape index (κ1) is 9.89. The Kier molecular flexibility index (Phi) is 2.47. The zero-order chi connectivity index (χ0) is 10.3. The second-order valence-corrected chi connectivity index (χ2v) is 3.58. The molecule has 80 valence electrons. The zero-order valence-electron chi connectivity index (χ0n) is 8.43. The smallest absolute Gasteiger partial charge is 0.303 e. The molecule has 5 nitrogen and oxygen atoms in total. The molecule has 0 saturated carbocycles. The van der Waals surface area contributed by atoms with Gasteiger partial charge in [0.15, 0.2) is 12.4 Å². The molecule has 0 radical (unpaired) electrons. The highest BCUT2D eigenvalue weighted by Gasteiger charge is 2.58. The number of carbonyl (C=O) groups is 1. The van der Waals surface area contributed by atoms with Gasteiger partial charge >= 0.3 is 5.97 Å². The molecule has 2 heterocycles. The summed E-state index contributed by atoms with van der Waals surface area (Å²) in [6.45, 7) is 3.28. The summed E-state index contributed by atoms with van der Waals surface area (Å²) in [4.78, 5) is 10.8. The molecule has 14 heavy (non-hydrogen) atoms. The molecule has 2 fully saturated rings. The van der Waals surface area contributed by atoms with Crippen molar-refractivity contribution in [3.05, 3.63) is 0 Å². The van der Waals surface area contributed by atoms with Gasteiger partial charge in [-0.25, -0.2) is 0 Å². The van der Waals surface area contributed by atoms with Crippen LogP contribution >= 0.6 is 0 Å². The zero-order valence-corrected chi connectivity index (χ0v) is 8.43. The first-order chi connectivity index (χ1) is 6.63. The normalized spacial score (nSPS) is 45.5. The number of rotatable bonds is 2. The van der Waals surface area contributed by atoms with Crippen LogP contribution in [0.1, 0.15) is 13.8 Å². The number of epoxide rings is 1. The van der Waals surface area contributed by atoms with Crippen molar-refractivity contribution in [1.29, 1.82) is 0 Å². The lowest BCUT2D eigenvalue weighted by molar-refractivity contribution is -0.225. The summed E-state index contributed by atoms with van der Waals surface area (Å²) in [5, 5.41) is 0. The molecular formula is C9H14O5. The number of esters is 1. The fourth-order valence-electron chi connectivity index (χ4n) is 1.80. The number of fused-ring (bicyclic) bond motifs is 1. The van der Waals surface area contributed by atoms with E-state index in [0.717, 1.165) is 0 Å². The van der Waals surface area contributed by atoms with Gasteiger partial charge in [0.1, 0.15) is 12.2 Å². The lowest BCUT2D eigenvalue weighted by atomic mass is 10.1. The van der Waals surface area contributed by atoms with Gasteiger partial charge in [-0.15, -0.1) is 0 Å². The maximum Gasteiger partial charge on any atom is 0.303 e. The molecule has 2 saturated heterocycles. The van der Waals surface area contributed by atoms with Crippen LogP contribution in [0.25, 0.3) is 0 Å². The monoisotopic (exact) mass is 202 g/mol. The van der Waals surface area contributed by atoms with Crippen molar-refractivity contribution in [1.82, 2.24) is 0 Å². The summed E-state index contributed by atoms with van der Waals surface area (Å²) < 4.78 is 21.0. The highest BCUT2D eigenvalue weighted by atomic mass is 16.7. The van der Waals surface area contributed by atoms with Gasteiger partial charge in [-0.2, -0.15) is 0 Å². The lowest BCUT2D eigenvalue weighted by Crippen LogP contribution is -2.47. The number of methoxy groups -OCH3 is 1. The highest BCUT2D eigenvalue weighted by molar-refractivity contribution is 5.66. The Bertz CT molecular complexity index is 241. The Morgan fingerprint density at radius 2 is 2.00 bits per heavy atom. The van der Waals surface area contributed by atoms with E-state index in [9.17, 15) is 4.79 Å². The highest BCUT2D eigenvalue weighted by Crippen LogP contribution is 2.38. The van der Waals surface area contributed by atoms with Crippen LogP contribution in [-0.4, -0.2) is 43.8 Å². The van der Waals surface area contributed by atoms with Gasteiger partial charge in [0.2, 0.25) is 0 Å². The predicted octanol–water partition coefficient (Wildman–Crippen LogP) is 0.0767. The van der Waals surface area contributed by atoms with Crippen molar-refractivity contribution in [2.45, 2.75) is 44.6 Å². The largest absolute Gasteiger partial charge is 0.454 e. The van der Waals surface area contributed by atoms with Crippen LogP contribution < -0.4 is 0 Å². The van der Waals surface area contributed by atoms with Gasteiger partial charge < -0.3 is 18.9 Å². The lowest BCUT2D eigenvalue weighted by Gasteiger charge is -2.30. The van der Waals surface area contributed by atoms with Crippen molar-refractivity contribution in [2.24, 2.45) is 0 Å². The van der Waals surface area contributed by atoms with Gasteiger partial charge in [-0.3, -0.25) is 4.79 Å². The van der Waals surface area contributed by atoms with Gasteiger partial charge in [0, 0.05) is 14.0 Å². The molecule has 0 aromatic rings. The minimum absolute atomic E-state index is 0.00300. The Balaban J connectivity index is 2.02. The fraction of sp³-hybridized carbons (Fsp3) is 0.889. The number of ether oxygens (including phenoxy) is 4. The topological polar surface area (TPSA) is 57.3 Å². The molecule has 0 bridgehead atoms. The molecule has 0 unspecified atom stereocenters. The second kappa shape index (κ2) is 3.49. The standard InChI is InChI=1S/C9H14O5/c1-4-6-7(14-6)8(13-5(2)10)9(11-3)12-4/h4,6-9H,1-3H3/t4-,6+,7+,8-,9+/m0/s1. The molecule has 0 amide bonds. The molecule has 2 rings (SSSR count). The van der Waals surface area contributed by atoms with Crippen LogP contribution in [-0.2, 0) is 23.7 Å². The summed E-state index contributed by atoms with van der Waals surface area (Å²) in [5.41, 5.74) is 0. The SMILES string of the molecule is CO[C@@H]1O[C@@H](C)[C@H]2O[C@H]2[C@@H]1OC(C)=O. The first-order valence-corrected chi connectivity index (χ1v) is 4.64. The van der Waals surface area contributed by atoms with E-state index in [1.165, 1.54) is 14.0 Å². The predicted molar refractivity (Wildman–Crippen MR) is 45.6 cm³/mol. The van der Waals surface area contributed by atoms with E-state index in [1.807, 2.05) is 6.92 Å². The Morgan fingerprint density at radius 3 is 2.57 bits per heavy atom. The number of hydrogen-bond acceptors (Lipinski definition) is 5. The molecule has 2 aliphatic heterocycles. The van der Waals surface area contributed by atoms with Crippen LogP contribution in [0.5, 0.6) is 0 Å². The molecule has 5 atom stereocenters. The quantitative estimate of drug-likeness (QED) is 0.468. The summed E-state index contributed by atoms with van der Waals surface area (Å²) in [7, 11) is 1.52. The summed E-state index contributed by atoms with van der Waals surface area (Å²) >= 11 is 0. The van der Waals surface area contributed by atoms with Crippen LogP contribution in [0.4, 0.5) is 0 Å². The van der Waals surface area contributed by atoms with Crippen molar-refractivity contribution in [3.8, 4) is 0 Å². The molecule has 0 aromatic carbocycles. The van der Waals surface area contributed by atoms with E-state index in [4.69, 9.17) is 18.9 Å². The van der Waals surface area contributed by atoms with E-state index in [1.54, 1.807) is 0 Å². The van der Waals surface area contributed by atoms with E-state index < -0.39 is 12.4 Å². The van der Waals surface area contributed by atoms with E-state index >= 15 is 0 Å². The molecule has 0 aromatic heterocycles. The third kappa shape index (κ3) is 1.63. The first-order valence-electron chi connectivity index (χ1n) is 4.64. The summed E-state index contributed by atoms with van der Waals surface area (Å²) in [5.74, 6) is -0.343. The van der Waals surface area contributed by atoms with Crippen LogP contribution in [0, 0.1) is 0 Å². The van der Waals surface area contributed by atoms with Gasteiger partial charge in [-0.1, -0.05) is 0 Å². The molecule has 0 N–H and O–H groups in total. The third-order valence-corrected chi connectivity index (χ3v) is 2.50. The van der Waals surface area contributed by atoms with Crippen molar-refractivity contribution >= 4 is 5.97 Å². The number of carbonyl (C=O) groups excluding carboxylic acids is 1. The van der Waals surface area contributed by atoms with E-state index in [2.05, 4.69) is 0 Å². The summed E-state index contributed by atoms with van der Waals surface area (Å²) in [6.07, 6.45) is -0.966. The van der Waals surface area contributed by atoms with Crippen molar-refractivity contribution in [2.75, 3.05) is 7.11 Å². The van der Waals surface area contributed by atoms with Crippen LogP contribution in [0.3, 0.4) is 0 Å². The Hall–Kier alpha value is -0.650. The Labute approximate surface area is 82.3 Å².